The number of rotatable bonds is 32. The smallest absolute Gasteiger partial charge is 0.340 e. The Morgan fingerprint density at radius 3 is 1.61 bits per heavy atom. The minimum absolute atomic E-state index is 0.0737. The van der Waals surface area contributed by atoms with Crippen LogP contribution in [-0.4, -0.2) is 79.8 Å². The van der Waals surface area contributed by atoms with E-state index in [0.717, 1.165) is 116 Å². The van der Waals surface area contributed by atoms with E-state index in [1.807, 2.05) is 7.05 Å². The summed E-state index contributed by atoms with van der Waals surface area (Å²) in [7, 11) is 1.83. The first-order valence-electron chi connectivity index (χ1n) is 18.7. The van der Waals surface area contributed by atoms with Gasteiger partial charge >= 0.3 is 11.9 Å². The molecule has 0 saturated carbocycles. The zero-order valence-electron chi connectivity index (χ0n) is 30.8. The lowest BCUT2D eigenvalue weighted by atomic mass is 10.2. The molecule has 12 heteroatoms. The Balaban J connectivity index is 3.80. The van der Waals surface area contributed by atoms with Crippen LogP contribution >= 0.6 is 0 Å². The van der Waals surface area contributed by atoms with Gasteiger partial charge in [-0.05, 0) is 38.5 Å². The van der Waals surface area contributed by atoms with Crippen LogP contribution in [-0.2, 0) is 28.8 Å². The summed E-state index contributed by atoms with van der Waals surface area (Å²) in [6.07, 6.45) is 17.7. The molecule has 1 aliphatic rings. The van der Waals surface area contributed by atoms with Crippen LogP contribution in [0.25, 0.3) is 0 Å². The van der Waals surface area contributed by atoms with Gasteiger partial charge in [0, 0.05) is 7.05 Å². The van der Waals surface area contributed by atoms with E-state index in [4.69, 9.17) is 39.6 Å². The van der Waals surface area contributed by atoms with E-state index >= 15 is 0 Å². The molecule has 0 aromatic heterocycles. The van der Waals surface area contributed by atoms with E-state index in [1.165, 1.54) is 5.06 Å². The molecule has 46 heavy (non-hydrogen) atoms. The van der Waals surface area contributed by atoms with Gasteiger partial charge < -0.3 is 15.2 Å². The van der Waals surface area contributed by atoms with Crippen molar-refractivity contribution in [2.75, 3.05) is 46.7 Å². The van der Waals surface area contributed by atoms with Gasteiger partial charge in [-0.25, -0.2) is 0 Å². The summed E-state index contributed by atoms with van der Waals surface area (Å²) in [5, 5.41) is 4.74. The Bertz CT molecular complexity index is 753. The second-order valence-electron chi connectivity index (χ2n) is 12.1. The summed E-state index contributed by atoms with van der Waals surface area (Å²) in [5.41, 5.74) is 9.99. The first kappa shape index (κ1) is 42.9. The number of nitrogens with two attached hydrogens (primary N) is 1. The minimum Gasteiger partial charge on any atom is -0.368 e. The normalized spacial score (nSPS) is 20.6. The SMILES string of the molecule is CCCCCONC1(OCCCCC)N=C(N)N(OCCCCC)C(OCCCCC)(N(C)OCCCCC)N1OCCCCC. The van der Waals surface area contributed by atoms with Gasteiger partial charge in [0.1, 0.15) is 0 Å². The lowest BCUT2D eigenvalue weighted by Crippen LogP contribution is -2.82. The molecular formula is C34H72N6O6. The molecule has 0 saturated heterocycles. The number of hydrogen-bond donors (Lipinski definition) is 2. The minimum atomic E-state index is -1.68. The quantitative estimate of drug-likeness (QED) is 0.0423. The van der Waals surface area contributed by atoms with E-state index in [-0.39, 0.29) is 5.96 Å². The Hall–Kier alpha value is -1.09. The average molecular weight is 661 g/mol. The maximum absolute atomic E-state index is 6.90. The predicted octanol–water partition coefficient (Wildman–Crippen LogP) is 7.56. The second-order valence-corrected chi connectivity index (χ2v) is 12.1. The molecule has 1 aliphatic heterocycles. The number of nitrogens with one attached hydrogen (secondary N) is 1. The van der Waals surface area contributed by atoms with Gasteiger partial charge in [0.15, 0.2) is 0 Å². The maximum atomic E-state index is 6.90. The zero-order valence-corrected chi connectivity index (χ0v) is 30.8. The van der Waals surface area contributed by atoms with Gasteiger partial charge in [0.25, 0.3) is 0 Å². The number of hydrogen-bond acceptors (Lipinski definition) is 12. The summed E-state index contributed by atoms with van der Waals surface area (Å²) in [5.74, 6) is -3.23. The predicted molar refractivity (Wildman–Crippen MR) is 185 cm³/mol. The van der Waals surface area contributed by atoms with Gasteiger partial charge in [0.2, 0.25) is 5.96 Å². The standard InChI is InChI=1S/C34H72N6O6/c1-8-14-20-26-41-33(37-43-28-22-16-10-3)36-32(35)39(45-30-24-18-12-5)34(42-27-21-15-9-2,38(7)44-29-23-17-11-4)40(33)46-31-25-19-13-6/h37H,8-31H2,1-7H3,(H2,35,36). The number of nitrogens with zero attached hydrogens (tertiary/aromatic N) is 4. The molecule has 0 bridgehead atoms. The molecule has 0 aromatic carbocycles. The molecule has 12 nitrogen and oxygen atoms in total. The van der Waals surface area contributed by atoms with Gasteiger partial charge in [-0.1, -0.05) is 124 Å². The maximum Gasteiger partial charge on any atom is 0.340 e. The fourth-order valence-corrected chi connectivity index (χ4v) is 5.00. The number of unbranched alkanes of at least 4 members (excludes halogenated alkanes) is 12. The number of guanidine groups is 1. The van der Waals surface area contributed by atoms with Crippen LogP contribution in [0.3, 0.4) is 0 Å². The second kappa shape index (κ2) is 26.8. The van der Waals surface area contributed by atoms with Crippen LogP contribution < -0.4 is 11.2 Å². The Kier molecular flexibility index (Phi) is 25.0. The van der Waals surface area contributed by atoms with Gasteiger partial charge in [-0.3, -0.25) is 19.4 Å². The van der Waals surface area contributed by atoms with Crippen molar-refractivity contribution in [1.29, 1.82) is 0 Å². The van der Waals surface area contributed by atoms with Crippen molar-refractivity contribution in [2.45, 2.75) is 169 Å². The van der Waals surface area contributed by atoms with E-state index in [1.54, 1.807) is 10.1 Å². The highest BCUT2D eigenvalue weighted by atomic mass is 16.9. The van der Waals surface area contributed by atoms with E-state index in [9.17, 15) is 0 Å². The summed E-state index contributed by atoms with van der Waals surface area (Å²) in [6.45, 7) is 15.6. The van der Waals surface area contributed by atoms with Crippen LogP contribution in [0.15, 0.2) is 4.99 Å². The van der Waals surface area contributed by atoms with Crippen molar-refractivity contribution in [1.82, 2.24) is 20.7 Å². The van der Waals surface area contributed by atoms with Gasteiger partial charge in [0.05, 0.1) is 39.6 Å². The zero-order chi connectivity index (χ0) is 33.9. The fourth-order valence-electron chi connectivity index (χ4n) is 5.00. The molecule has 0 spiro atoms. The van der Waals surface area contributed by atoms with Crippen LogP contribution in [0.1, 0.15) is 157 Å². The molecule has 0 amide bonds. The van der Waals surface area contributed by atoms with Crippen molar-refractivity contribution in [3.8, 4) is 0 Å². The van der Waals surface area contributed by atoms with Crippen LogP contribution in [0.4, 0.5) is 0 Å². The Morgan fingerprint density at radius 1 is 0.609 bits per heavy atom. The molecule has 274 valence electrons. The molecule has 1 heterocycles. The first-order chi connectivity index (χ1) is 22.4. The van der Waals surface area contributed by atoms with Gasteiger partial charge in [-0.2, -0.15) is 10.1 Å². The summed E-state index contributed by atoms with van der Waals surface area (Å²) in [4.78, 5) is 30.6. The summed E-state index contributed by atoms with van der Waals surface area (Å²) >= 11 is 0. The van der Waals surface area contributed by atoms with Crippen LogP contribution in [0, 0.1) is 0 Å². The van der Waals surface area contributed by atoms with E-state index < -0.39 is 11.9 Å². The molecular weight excluding hydrogens is 588 g/mol. The molecule has 0 aromatic rings. The van der Waals surface area contributed by atoms with Gasteiger partial charge in [-0.15, -0.1) is 10.5 Å². The molecule has 1 rings (SSSR count). The molecule has 0 fully saturated rings. The molecule has 2 unspecified atom stereocenters. The number of ether oxygens (including phenoxy) is 2. The third-order valence-corrected chi connectivity index (χ3v) is 7.81. The monoisotopic (exact) mass is 661 g/mol. The van der Waals surface area contributed by atoms with Crippen molar-refractivity contribution >= 4 is 5.96 Å². The number of aliphatic imine (C=N–C) groups is 1. The number of hydroxylamine groups is 7. The Morgan fingerprint density at radius 2 is 1.07 bits per heavy atom. The molecule has 2 atom stereocenters. The average Bonchev–Trinajstić information content (AvgIpc) is 3.05. The first-order valence-corrected chi connectivity index (χ1v) is 18.7. The van der Waals surface area contributed by atoms with E-state index in [0.29, 0.717) is 39.6 Å². The highest BCUT2D eigenvalue weighted by molar-refractivity contribution is 5.78. The summed E-state index contributed by atoms with van der Waals surface area (Å²) in [6, 6.07) is 0. The third-order valence-electron chi connectivity index (χ3n) is 7.81. The third kappa shape index (κ3) is 14.6. The Labute approximate surface area is 281 Å². The lowest BCUT2D eigenvalue weighted by Gasteiger charge is -2.56. The largest absolute Gasteiger partial charge is 0.368 e. The fraction of sp³-hybridized carbons (Fsp3) is 0.971. The van der Waals surface area contributed by atoms with Crippen molar-refractivity contribution in [3.05, 3.63) is 0 Å². The molecule has 0 radical (unpaired) electrons. The highest BCUT2D eigenvalue weighted by Crippen LogP contribution is 2.39. The van der Waals surface area contributed by atoms with Crippen molar-refractivity contribution in [2.24, 2.45) is 10.7 Å². The van der Waals surface area contributed by atoms with Crippen molar-refractivity contribution < 1.29 is 28.8 Å². The van der Waals surface area contributed by atoms with Crippen LogP contribution in [0.2, 0.25) is 0 Å². The molecule has 3 N–H and O–H groups in total. The van der Waals surface area contributed by atoms with Crippen molar-refractivity contribution in [3.63, 3.8) is 0 Å². The summed E-state index contributed by atoms with van der Waals surface area (Å²) < 4.78 is 13.5. The molecule has 0 aliphatic carbocycles. The van der Waals surface area contributed by atoms with Crippen LogP contribution in [0.5, 0.6) is 0 Å². The topological polar surface area (TPSA) is 116 Å². The van der Waals surface area contributed by atoms with E-state index in [2.05, 4.69) is 47.0 Å². The highest BCUT2D eigenvalue weighted by Gasteiger charge is 2.65. The lowest BCUT2D eigenvalue weighted by molar-refractivity contribution is -0.547.